The van der Waals surface area contributed by atoms with Gasteiger partial charge in [0, 0.05) is 37.6 Å². The summed E-state index contributed by atoms with van der Waals surface area (Å²) in [5.74, 6) is 0.570. The Morgan fingerprint density at radius 2 is 1.54 bits per heavy atom. The minimum atomic E-state index is -0.912. The highest BCUT2D eigenvalue weighted by atomic mass is 19.1. The van der Waals surface area contributed by atoms with Gasteiger partial charge in [0.05, 0.1) is 84.3 Å². The molecule has 3 aromatic carbocycles. The summed E-state index contributed by atoms with van der Waals surface area (Å²) in [5.41, 5.74) is 7.74. The molecule has 342 valence electrons. The number of amides is 2. The molecule has 0 radical (unpaired) electrons. The number of aliphatic carboxylic acids is 1. The fourth-order valence-corrected chi connectivity index (χ4v) is 7.05. The van der Waals surface area contributed by atoms with Gasteiger partial charge in [0.1, 0.15) is 29.6 Å². The van der Waals surface area contributed by atoms with E-state index in [9.17, 15) is 18.8 Å². The molecule has 5 rings (SSSR count). The third-order valence-corrected chi connectivity index (χ3v) is 10.1. The smallest absolute Gasteiger partial charge is 0.410 e. The maximum atomic E-state index is 14.5. The summed E-state index contributed by atoms with van der Waals surface area (Å²) in [6.07, 6.45) is -0.718. The molecule has 1 fully saturated rings. The number of rotatable bonds is 22. The molecule has 4 aromatic rings. The van der Waals surface area contributed by atoms with E-state index in [0.717, 1.165) is 5.56 Å². The highest BCUT2D eigenvalue weighted by Gasteiger charge is 2.36. The molecule has 1 aliphatic heterocycles. The normalized spacial score (nSPS) is 14.6. The van der Waals surface area contributed by atoms with Crippen molar-refractivity contribution in [3.05, 3.63) is 77.6 Å². The first-order valence-electron chi connectivity index (χ1n) is 20.9. The third-order valence-electron chi connectivity index (χ3n) is 10.1. The highest BCUT2D eigenvalue weighted by molar-refractivity contribution is 5.92. The van der Waals surface area contributed by atoms with Crippen molar-refractivity contribution in [3.63, 3.8) is 0 Å². The van der Waals surface area contributed by atoms with Gasteiger partial charge in [-0.15, -0.1) is 0 Å². The Bertz CT molecular complexity index is 2140. The van der Waals surface area contributed by atoms with Gasteiger partial charge in [0.15, 0.2) is 11.5 Å². The standard InChI is InChI=1S/C45H59FN6O11/c1-7-51(44(56)63-45(2,3)4)36(30-11-13-32(46)14-12-30)28-40(53)50-16-17-52(43-48-35-27-39(58-6)38(57-5)26-34(35)42(47)49-43)37(29-50)31-9-8-10-33(25-31)62-24-23-61-22-21-60-20-19-59-18-15-41(54)55/h8-14,25-27,36-37H,7,15-24,28-29H2,1-6H3,(H,54,55)(H2,47,48,49)/t36-,37?/m1/s1. The molecule has 0 saturated carbocycles. The van der Waals surface area contributed by atoms with Crippen LogP contribution in [0.25, 0.3) is 10.9 Å². The van der Waals surface area contributed by atoms with Gasteiger partial charge in [0.25, 0.3) is 0 Å². The molecule has 17 nitrogen and oxygen atoms in total. The van der Waals surface area contributed by atoms with E-state index in [-0.39, 0.29) is 50.9 Å². The van der Waals surface area contributed by atoms with Gasteiger partial charge >= 0.3 is 12.1 Å². The number of aromatic nitrogens is 2. The average molecular weight is 879 g/mol. The van der Waals surface area contributed by atoms with Gasteiger partial charge in [-0.1, -0.05) is 24.3 Å². The molecule has 3 N–H and O–H groups in total. The first-order chi connectivity index (χ1) is 30.2. The van der Waals surface area contributed by atoms with E-state index in [1.54, 1.807) is 49.9 Å². The Morgan fingerprint density at radius 3 is 2.17 bits per heavy atom. The fraction of sp³-hybridized carbons (Fsp3) is 0.489. The van der Waals surface area contributed by atoms with Crippen molar-refractivity contribution in [2.45, 2.75) is 58.2 Å². The van der Waals surface area contributed by atoms with Gasteiger partial charge in [0.2, 0.25) is 11.9 Å². The Balaban J connectivity index is 1.36. The molecule has 1 unspecified atom stereocenters. The number of piperazine rings is 1. The lowest BCUT2D eigenvalue weighted by molar-refractivity contribution is -0.138. The Labute approximate surface area is 367 Å². The van der Waals surface area contributed by atoms with Crippen LogP contribution in [0.2, 0.25) is 0 Å². The number of nitrogens with zero attached hydrogens (tertiary/aromatic N) is 5. The number of nitrogen functional groups attached to an aromatic ring is 1. The number of hydrogen-bond donors (Lipinski definition) is 2. The number of carbonyl (C=O) groups excluding carboxylic acids is 2. The largest absolute Gasteiger partial charge is 0.493 e. The second-order valence-electron chi connectivity index (χ2n) is 15.6. The number of halogens is 1. The monoisotopic (exact) mass is 878 g/mol. The van der Waals surface area contributed by atoms with Gasteiger partial charge in [-0.3, -0.25) is 9.59 Å². The molecule has 2 heterocycles. The van der Waals surface area contributed by atoms with Crippen molar-refractivity contribution in [3.8, 4) is 17.2 Å². The number of nitrogens with two attached hydrogens (primary N) is 1. The molecule has 0 aliphatic carbocycles. The molecule has 18 heteroatoms. The van der Waals surface area contributed by atoms with Crippen LogP contribution < -0.4 is 24.8 Å². The van der Waals surface area contributed by atoms with Crippen LogP contribution in [0, 0.1) is 5.82 Å². The molecule has 1 aromatic heterocycles. The van der Waals surface area contributed by atoms with Crippen LogP contribution in [0.15, 0.2) is 60.7 Å². The van der Waals surface area contributed by atoms with Gasteiger partial charge in [-0.2, -0.15) is 4.98 Å². The molecule has 63 heavy (non-hydrogen) atoms. The zero-order chi connectivity index (χ0) is 45.5. The second kappa shape index (κ2) is 22.9. The number of carboxylic acid groups (broad SMARTS) is 1. The van der Waals surface area contributed by atoms with Crippen LogP contribution >= 0.6 is 0 Å². The number of fused-ring (bicyclic) bond motifs is 1. The summed E-state index contributed by atoms with van der Waals surface area (Å²) in [6.45, 7) is 10.2. The summed E-state index contributed by atoms with van der Waals surface area (Å²) in [4.78, 5) is 53.5. The van der Waals surface area contributed by atoms with Crippen molar-refractivity contribution >= 4 is 40.6 Å². The number of carboxylic acids is 1. The zero-order valence-corrected chi connectivity index (χ0v) is 36.8. The van der Waals surface area contributed by atoms with Crippen LogP contribution in [-0.4, -0.2) is 135 Å². The number of anilines is 2. The maximum Gasteiger partial charge on any atom is 0.410 e. The predicted molar refractivity (Wildman–Crippen MR) is 233 cm³/mol. The third kappa shape index (κ3) is 13.8. The minimum Gasteiger partial charge on any atom is -0.493 e. The van der Waals surface area contributed by atoms with E-state index in [0.29, 0.717) is 85.8 Å². The topological polar surface area (TPSA) is 198 Å². The molecular weight excluding hydrogens is 820 g/mol. The Kier molecular flexibility index (Phi) is 17.5. The van der Waals surface area contributed by atoms with Crippen molar-refractivity contribution in [1.82, 2.24) is 19.8 Å². The van der Waals surface area contributed by atoms with E-state index in [1.165, 1.54) is 31.3 Å². The highest BCUT2D eigenvalue weighted by Crippen LogP contribution is 2.37. The zero-order valence-electron chi connectivity index (χ0n) is 36.8. The molecular formula is C45H59FN6O11. The van der Waals surface area contributed by atoms with E-state index >= 15 is 0 Å². The summed E-state index contributed by atoms with van der Waals surface area (Å²) in [7, 11) is 3.08. The van der Waals surface area contributed by atoms with Crippen molar-refractivity contribution in [2.75, 3.05) is 97.3 Å². The lowest BCUT2D eigenvalue weighted by Gasteiger charge is -2.42. The Morgan fingerprint density at radius 1 is 0.889 bits per heavy atom. The first kappa shape index (κ1) is 48.1. The van der Waals surface area contributed by atoms with Crippen LogP contribution in [0.1, 0.15) is 63.7 Å². The second-order valence-corrected chi connectivity index (χ2v) is 15.6. The van der Waals surface area contributed by atoms with Crippen LogP contribution in [-0.2, 0) is 28.5 Å². The van der Waals surface area contributed by atoms with E-state index < -0.39 is 35.6 Å². The van der Waals surface area contributed by atoms with Gasteiger partial charge in [-0.05, 0) is 69.2 Å². The number of carbonyl (C=O) groups is 3. The maximum absolute atomic E-state index is 14.5. The predicted octanol–water partition coefficient (Wildman–Crippen LogP) is 6.05. The van der Waals surface area contributed by atoms with Crippen LogP contribution in [0.3, 0.4) is 0 Å². The molecule has 0 bridgehead atoms. The summed E-state index contributed by atoms with van der Waals surface area (Å²) >= 11 is 0. The van der Waals surface area contributed by atoms with Crippen LogP contribution in [0.4, 0.5) is 21.0 Å². The van der Waals surface area contributed by atoms with E-state index in [1.807, 2.05) is 36.1 Å². The molecule has 2 atom stereocenters. The molecule has 2 amide bonds. The van der Waals surface area contributed by atoms with Crippen molar-refractivity contribution in [1.29, 1.82) is 0 Å². The number of hydrogen-bond acceptors (Lipinski definition) is 14. The first-order valence-corrected chi connectivity index (χ1v) is 20.9. The number of methoxy groups -OCH3 is 2. The summed E-state index contributed by atoms with van der Waals surface area (Å²) < 4.78 is 53.3. The van der Waals surface area contributed by atoms with Crippen molar-refractivity contribution in [2.24, 2.45) is 0 Å². The lowest BCUT2D eigenvalue weighted by Crippen LogP contribution is -2.52. The lowest BCUT2D eigenvalue weighted by atomic mass is 9.99. The minimum absolute atomic E-state index is 0.0550. The fourth-order valence-electron chi connectivity index (χ4n) is 7.05. The SMILES string of the molecule is CCN(C(=O)OC(C)(C)C)[C@H](CC(=O)N1CCN(c2nc(N)c3cc(OC)c(OC)cc3n2)C(c2cccc(OCCOCCOCCOCCC(=O)O)c2)C1)c1ccc(F)cc1. The Hall–Kier alpha value is -5.98. The quantitative estimate of drug-likeness (QED) is 0.0865. The average Bonchev–Trinajstić information content (AvgIpc) is 3.25. The number of benzene rings is 3. The molecule has 1 aliphatic rings. The molecule has 1 saturated heterocycles. The summed E-state index contributed by atoms with van der Waals surface area (Å²) in [6, 6.07) is 15.6. The number of ether oxygens (including phenoxy) is 7. The van der Waals surface area contributed by atoms with Crippen molar-refractivity contribution < 1.29 is 57.0 Å². The van der Waals surface area contributed by atoms with E-state index in [2.05, 4.69) is 0 Å². The van der Waals surface area contributed by atoms with Gasteiger partial charge in [-0.25, -0.2) is 14.2 Å². The molecule has 0 spiro atoms. The van der Waals surface area contributed by atoms with Gasteiger partial charge < -0.3 is 58.7 Å². The summed E-state index contributed by atoms with van der Waals surface area (Å²) in [5, 5.41) is 9.27. The van der Waals surface area contributed by atoms with E-state index in [4.69, 9.17) is 54.0 Å². The van der Waals surface area contributed by atoms with Crippen LogP contribution in [0.5, 0.6) is 17.2 Å².